The lowest BCUT2D eigenvalue weighted by Crippen LogP contribution is -2.23. The molecule has 18 heavy (non-hydrogen) atoms. The van der Waals surface area contributed by atoms with E-state index in [0.717, 1.165) is 19.0 Å². The van der Waals surface area contributed by atoms with Gasteiger partial charge in [0.1, 0.15) is 0 Å². The average Bonchev–Trinajstić information content (AvgIpc) is 2.45. The van der Waals surface area contributed by atoms with Gasteiger partial charge in [-0.1, -0.05) is 69.4 Å². The predicted molar refractivity (Wildman–Crippen MR) is 78.9 cm³/mol. The van der Waals surface area contributed by atoms with Crippen LogP contribution in [0, 0.1) is 5.92 Å². The van der Waals surface area contributed by atoms with Crippen LogP contribution in [0.5, 0.6) is 0 Å². The van der Waals surface area contributed by atoms with E-state index < -0.39 is 0 Å². The molecule has 0 amide bonds. The fourth-order valence-corrected chi connectivity index (χ4v) is 3.21. The van der Waals surface area contributed by atoms with Crippen LogP contribution >= 0.6 is 0 Å². The highest BCUT2D eigenvalue weighted by molar-refractivity contribution is 5.20. The molecule has 0 bridgehead atoms. The smallest absolute Gasteiger partial charge is 0.00201 e. The van der Waals surface area contributed by atoms with Gasteiger partial charge in [0.25, 0.3) is 0 Å². The van der Waals surface area contributed by atoms with Crippen molar-refractivity contribution in [3.8, 4) is 0 Å². The molecule has 0 heterocycles. The van der Waals surface area contributed by atoms with Crippen LogP contribution in [0.25, 0.3) is 0 Å². The van der Waals surface area contributed by atoms with Gasteiger partial charge in [-0.2, -0.15) is 0 Å². The van der Waals surface area contributed by atoms with E-state index in [1.54, 1.807) is 0 Å². The van der Waals surface area contributed by atoms with Crippen molar-refractivity contribution in [1.82, 2.24) is 5.32 Å². The van der Waals surface area contributed by atoms with Gasteiger partial charge >= 0.3 is 0 Å². The normalized spacial score (nSPS) is 18.7. The number of likely N-dealkylation sites (N-methyl/N-ethyl adjacent to an activating group) is 1. The Morgan fingerprint density at radius 3 is 2.50 bits per heavy atom. The molecule has 1 atom stereocenters. The third-order valence-corrected chi connectivity index (χ3v) is 4.25. The van der Waals surface area contributed by atoms with E-state index in [2.05, 4.69) is 42.6 Å². The number of benzene rings is 1. The summed E-state index contributed by atoms with van der Waals surface area (Å²) in [5.74, 6) is 1.66. The second-order valence-electron chi connectivity index (χ2n) is 5.66. The molecule has 1 nitrogen and oxygen atoms in total. The molecular weight excluding hydrogens is 218 g/mol. The minimum Gasteiger partial charge on any atom is -0.316 e. The van der Waals surface area contributed by atoms with Crippen LogP contribution in [0.4, 0.5) is 0 Å². The maximum Gasteiger partial charge on any atom is 0.00201 e. The molecule has 1 aliphatic carbocycles. The van der Waals surface area contributed by atoms with Gasteiger partial charge in [0.05, 0.1) is 0 Å². The summed E-state index contributed by atoms with van der Waals surface area (Å²) in [6.45, 7) is 4.41. The molecule has 1 aromatic carbocycles. The molecular formula is C17H27N. The van der Waals surface area contributed by atoms with Crippen molar-refractivity contribution >= 4 is 0 Å². The summed E-state index contributed by atoms with van der Waals surface area (Å²) in [5, 5.41) is 3.54. The molecule has 1 saturated carbocycles. The summed E-state index contributed by atoms with van der Waals surface area (Å²) in [5.41, 5.74) is 1.52. The summed E-state index contributed by atoms with van der Waals surface area (Å²) >= 11 is 0. The zero-order valence-electron chi connectivity index (χ0n) is 11.7. The van der Waals surface area contributed by atoms with Gasteiger partial charge < -0.3 is 5.32 Å². The van der Waals surface area contributed by atoms with E-state index >= 15 is 0 Å². The van der Waals surface area contributed by atoms with E-state index in [0.29, 0.717) is 5.92 Å². The molecule has 1 aliphatic rings. The molecule has 0 radical (unpaired) electrons. The van der Waals surface area contributed by atoms with Crippen molar-refractivity contribution in [2.24, 2.45) is 5.92 Å². The first-order valence-electron chi connectivity index (χ1n) is 7.65. The second-order valence-corrected chi connectivity index (χ2v) is 5.66. The van der Waals surface area contributed by atoms with E-state index in [1.807, 2.05) is 0 Å². The Bertz CT molecular complexity index is 314. The molecule has 1 N–H and O–H groups in total. The van der Waals surface area contributed by atoms with Gasteiger partial charge in [0, 0.05) is 6.54 Å². The second kappa shape index (κ2) is 7.58. The Balaban J connectivity index is 1.95. The first-order chi connectivity index (χ1) is 8.90. The summed E-state index contributed by atoms with van der Waals surface area (Å²) in [7, 11) is 0. The lowest BCUT2D eigenvalue weighted by molar-refractivity contribution is 0.314. The molecule has 100 valence electrons. The minimum atomic E-state index is 0.703. The van der Waals surface area contributed by atoms with Crippen molar-refractivity contribution in [2.75, 3.05) is 13.1 Å². The summed E-state index contributed by atoms with van der Waals surface area (Å²) in [6.07, 6.45) is 8.64. The first-order valence-corrected chi connectivity index (χ1v) is 7.65. The Morgan fingerprint density at radius 1 is 1.11 bits per heavy atom. The number of hydrogen-bond acceptors (Lipinski definition) is 1. The highest BCUT2D eigenvalue weighted by atomic mass is 14.8. The van der Waals surface area contributed by atoms with Gasteiger partial charge in [-0.3, -0.25) is 0 Å². The van der Waals surface area contributed by atoms with Crippen molar-refractivity contribution in [2.45, 2.75) is 51.4 Å². The van der Waals surface area contributed by atoms with E-state index in [1.165, 1.54) is 44.1 Å². The molecule has 0 saturated heterocycles. The van der Waals surface area contributed by atoms with Gasteiger partial charge in [-0.25, -0.2) is 0 Å². The SMILES string of the molecule is CCNCC(CC1CCCCC1)c1ccccc1. The van der Waals surface area contributed by atoms with Gasteiger partial charge in [-0.15, -0.1) is 0 Å². The quantitative estimate of drug-likeness (QED) is 0.785. The Hall–Kier alpha value is -0.820. The molecule has 0 aliphatic heterocycles. The van der Waals surface area contributed by atoms with Crippen molar-refractivity contribution in [3.05, 3.63) is 35.9 Å². The van der Waals surface area contributed by atoms with Crippen LogP contribution in [0.2, 0.25) is 0 Å². The van der Waals surface area contributed by atoms with Crippen LogP contribution in [-0.2, 0) is 0 Å². The molecule has 0 spiro atoms. The van der Waals surface area contributed by atoms with Crippen LogP contribution in [0.3, 0.4) is 0 Å². The zero-order chi connectivity index (χ0) is 12.6. The first kappa shape index (κ1) is 13.6. The van der Waals surface area contributed by atoms with Crippen LogP contribution in [0.15, 0.2) is 30.3 Å². The summed E-state index contributed by atoms with van der Waals surface area (Å²) < 4.78 is 0. The van der Waals surface area contributed by atoms with Crippen LogP contribution in [0.1, 0.15) is 56.9 Å². The fourth-order valence-electron chi connectivity index (χ4n) is 3.21. The lowest BCUT2D eigenvalue weighted by atomic mass is 9.80. The third kappa shape index (κ3) is 4.13. The maximum atomic E-state index is 3.54. The van der Waals surface area contributed by atoms with Crippen molar-refractivity contribution < 1.29 is 0 Å². The predicted octanol–water partition coefficient (Wildman–Crippen LogP) is 4.35. The Labute approximate surface area is 112 Å². The minimum absolute atomic E-state index is 0.703. The van der Waals surface area contributed by atoms with Crippen LogP contribution in [-0.4, -0.2) is 13.1 Å². The fraction of sp³-hybridized carbons (Fsp3) is 0.647. The molecule has 2 rings (SSSR count). The maximum absolute atomic E-state index is 3.54. The van der Waals surface area contributed by atoms with Crippen LogP contribution < -0.4 is 5.32 Å². The molecule has 0 aromatic heterocycles. The van der Waals surface area contributed by atoms with E-state index in [4.69, 9.17) is 0 Å². The highest BCUT2D eigenvalue weighted by Crippen LogP contribution is 2.32. The van der Waals surface area contributed by atoms with E-state index in [-0.39, 0.29) is 0 Å². The summed E-state index contributed by atoms with van der Waals surface area (Å²) in [4.78, 5) is 0. The van der Waals surface area contributed by atoms with Gasteiger partial charge in [0.15, 0.2) is 0 Å². The largest absolute Gasteiger partial charge is 0.316 e. The lowest BCUT2D eigenvalue weighted by Gasteiger charge is -2.27. The van der Waals surface area contributed by atoms with E-state index in [9.17, 15) is 0 Å². The Morgan fingerprint density at radius 2 is 1.83 bits per heavy atom. The molecule has 1 fully saturated rings. The van der Waals surface area contributed by atoms with Crippen molar-refractivity contribution in [1.29, 1.82) is 0 Å². The average molecular weight is 245 g/mol. The van der Waals surface area contributed by atoms with Gasteiger partial charge in [-0.05, 0) is 30.4 Å². The van der Waals surface area contributed by atoms with Gasteiger partial charge in [0.2, 0.25) is 0 Å². The monoisotopic (exact) mass is 245 g/mol. The standard InChI is InChI=1S/C17H27N/c1-2-18-14-17(16-11-7-4-8-12-16)13-15-9-5-3-6-10-15/h4,7-8,11-12,15,17-18H,2-3,5-6,9-10,13-14H2,1H3. The Kier molecular flexibility index (Phi) is 5.73. The number of hydrogen-bond donors (Lipinski definition) is 1. The summed E-state index contributed by atoms with van der Waals surface area (Å²) in [6, 6.07) is 11.1. The molecule has 1 unspecified atom stereocenters. The van der Waals surface area contributed by atoms with Crippen molar-refractivity contribution in [3.63, 3.8) is 0 Å². The third-order valence-electron chi connectivity index (χ3n) is 4.25. The number of nitrogens with one attached hydrogen (secondary N) is 1. The zero-order valence-corrected chi connectivity index (χ0v) is 11.7. The molecule has 1 aromatic rings. The topological polar surface area (TPSA) is 12.0 Å². The number of rotatable bonds is 6. The highest BCUT2D eigenvalue weighted by Gasteiger charge is 2.19. The molecule has 1 heteroatoms.